The van der Waals surface area contributed by atoms with Crippen LogP contribution in [0.25, 0.3) is 0 Å². The number of carbonyl (C=O) groups is 1. The molecule has 0 aliphatic carbocycles. The van der Waals surface area contributed by atoms with Crippen molar-refractivity contribution in [3.63, 3.8) is 0 Å². The Balaban J connectivity index is 1.67. The van der Waals surface area contributed by atoms with Crippen molar-refractivity contribution >= 4 is 16.0 Å². The van der Waals surface area contributed by atoms with E-state index in [1.807, 2.05) is 36.4 Å². The second kappa shape index (κ2) is 13.7. The molecule has 1 amide bonds. The molecule has 0 radical (unpaired) electrons. The largest absolute Gasteiger partial charge is 0.493 e. The van der Waals surface area contributed by atoms with E-state index in [-0.39, 0.29) is 18.9 Å². The van der Waals surface area contributed by atoms with Gasteiger partial charge in [0.1, 0.15) is 12.4 Å². The first-order valence-electron chi connectivity index (χ1n) is 10.8. The lowest BCUT2D eigenvalue weighted by Crippen LogP contribution is -2.28. The van der Waals surface area contributed by atoms with Gasteiger partial charge in [0.25, 0.3) is 10.1 Å². The van der Waals surface area contributed by atoms with Gasteiger partial charge in [-0.15, -0.1) is 0 Å². The molecule has 0 saturated carbocycles. The molecular weight excluding hydrogens is 446 g/mol. The van der Waals surface area contributed by atoms with Crippen molar-refractivity contribution in [3.05, 3.63) is 53.6 Å². The highest BCUT2D eigenvalue weighted by Crippen LogP contribution is 2.28. The average molecular weight is 480 g/mol. The summed E-state index contributed by atoms with van der Waals surface area (Å²) in [5.41, 5.74) is 2.38. The summed E-state index contributed by atoms with van der Waals surface area (Å²) in [6.45, 7) is 0.720. The van der Waals surface area contributed by atoms with E-state index in [2.05, 4.69) is 15.6 Å². The van der Waals surface area contributed by atoms with Gasteiger partial charge in [-0.05, 0) is 61.1 Å². The third-order valence-corrected chi connectivity index (χ3v) is 5.41. The van der Waals surface area contributed by atoms with Gasteiger partial charge in [-0.2, -0.15) is 8.42 Å². The van der Waals surface area contributed by atoms with Crippen LogP contribution in [-0.4, -0.2) is 54.6 Å². The van der Waals surface area contributed by atoms with Crippen LogP contribution in [0.15, 0.2) is 42.5 Å². The van der Waals surface area contributed by atoms with Crippen molar-refractivity contribution in [3.8, 4) is 17.2 Å². The second-order valence-electron chi connectivity index (χ2n) is 7.52. The molecule has 2 aromatic rings. The number of benzene rings is 2. The number of rotatable bonds is 15. The molecule has 0 atom stereocenters. The zero-order valence-electron chi connectivity index (χ0n) is 19.5. The van der Waals surface area contributed by atoms with Gasteiger partial charge in [-0.3, -0.25) is 8.98 Å². The molecule has 1 N–H and O–H groups in total. The minimum absolute atomic E-state index is 0.00154. The predicted molar refractivity (Wildman–Crippen MR) is 127 cm³/mol. The smallest absolute Gasteiger partial charge is 0.264 e. The SMILES string of the molecule is COc1ccc(CCCc2cccc(OCCNC(=O)CCCOS(C)(=O)=O)c2)cc1OC. The number of aryl methyl sites for hydroxylation is 2. The van der Waals surface area contributed by atoms with Crippen LogP contribution in [0, 0.1) is 0 Å². The number of ether oxygens (including phenoxy) is 3. The molecule has 0 aromatic heterocycles. The molecule has 0 aliphatic rings. The van der Waals surface area contributed by atoms with Gasteiger partial charge in [0, 0.05) is 6.42 Å². The summed E-state index contributed by atoms with van der Waals surface area (Å²) < 4.78 is 42.7. The van der Waals surface area contributed by atoms with Crippen molar-refractivity contribution < 1.29 is 31.6 Å². The monoisotopic (exact) mass is 479 g/mol. The van der Waals surface area contributed by atoms with Crippen molar-refractivity contribution in [2.75, 3.05) is 40.2 Å². The number of methoxy groups -OCH3 is 2. The van der Waals surface area contributed by atoms with Gasteiger partial charge in [0.05, 0.1) is 33.6 Å². The first-order valence-corrected chi connectivity index (χ1v) is 12.7. The molecule has 0 spiro atoms. The molecule has 0 bridgehead atoms. The van der Waals surface area contributed by atoms with Crippen molar-refractivity contribution in [2.24, 2.45) is 0 Å². The van der Waals surface area contributed by atoms with Gasteiger partial charge in [-0.1, -0.05) is 18.2 Å². The molecule has 0 fully saturated rings. The van der Waals surface area contributed by atoms with E-state index in [1.54, 1.807) is 14.2 Å². The number of amides is 1. The molecule has 0 aliphatic heterocycles. The van der Waals surface area contributed by atoms with E-state index in [1.165, 1.54) is 11.1 Å². The van der Waals surface area contributed by atoms with Gasteiger partial charge in [-0.25, -0.2) is 0 Å². The van der Waals surface area contributed by atoms with Crippen molar-refractivity contribution in [1.29, 1.82) is 0 Å². The Kier molecular flexibility index (Phi) is 11.0. The normalized spacial score (nSPS) is 11.1. The third-order valence-electron chi connectivity index (χ3n) is 4.82. The minimum Gasteiger partial charge on any atom is -0.493 e. The molecule has 0 unspecified atom stereocenters. The summed E-state index contributed by atoms with van der Waals surface area (Å²) in [5.74, 6) is 2.05. The highest BCUT2D eigenvalue weighted by Gasteiger charge is 2.06. The third kappa shape index (κ3) is 10.6. The zero-order chi connectivity index (χ0) is 24.1. The second-order valence-corrected chi connectivity index (χ2v) is 9.16. The highest BCUT2D eigenvalue weighted by molar-refractivity contribution is 7.85. The highest BCUT2D eigenvalue weighted by atomic mass is 32.2. The van der Waals surface area contributed by atoms with Crippen LogP contribution < -0.4 is 19.5 Å². The number of hydrogen-bond donors (Lipinski definition) is 1. The maximum atomic E-state index is 11.8. The van der Waals surface area contributed by atoms with Crippen LogP contribution in [0.2, 0.25) is 0 Å². The Hall–Kier alpha value is -2.78. The topological polar surface area (TPSA) is 100 Å². The summed E-state index contributed by atoms with van der Waals surface area (Å²) in [5, 5.41) is 2.75. The van der Waals surface area contributed by atoms with E-state index in [4.69, 9.17) is 14.2 Å². The van der Waals surface area contributed by atoms with Crippen LogP contribution >= 0.6 is 0 Å². The van der Waals surface area contributed by atoms with Gasteiger partial charge >= 0.3 is 0 Å². The average Bonchev–Trinajstić information content (AvgIpc) is 2.79. The first-order chi connectivity index (χ1) is 15.8. The fraction of sp³-hybridized carbons (Fsp3) is 0.458. The summed E-state index contributed by atoms with van der Waals surface area (Å²) in [6.07, 6.45) is 4.34. The van der Waals surface area contributed by atoms with Crippen molar-refractivity contribution in [2.45, 2.75) is 32.1 Å². The Bertz CT molecular complexity index is 992. The Morgan fingerprint density at radius 1 is 0.909 bits per heavy atom. The predicted octanol–water partition coefficient (Wildman–Crippen LogP) is 3.13. The lowest BCUT2D eigenvalue weighted by molar-refractivity contribution is -0.121. The van der Waals surface area contributed by atoms with E-state index >= 15 is 0 Å². The molecule has 0 heterocycles. The molecule has 2 rings (SSSR count). The molecular formula is C24H33NO7S. The summed E-state index contributed by atoms with van der Waals surface area (Å²) in [7, 11) is -0.204. The molecule has 182 valence electrons. The first kappa shape index (κ1) is 26.5. The van der Waals surface area contributed by atoms with Crippen LogP contribution in [0.5, 0.6) is 17.2 Å². The quantitative estimate of drug-likeness (QED) is 0.309. The van der Waals surface area contributed by atoms with Gasteiger partial charge in [0.2, 0.25) is 5.91 Å². The molecule has 0 saturated heterocycles. The fourth-order valence-corrected chi connectivity index (χ4v) is 3.63. The van der Waals surface area contributed by atoms with Crippen LogP contribution in [0.1, 0.15) is 30.4 Å². The van der Waals surface area contributed by atoms with E-state index in [0.29, 0.717) is 19.6 Å². The molecule has 8 nitrogen and oxygen atoms in total. The van der Waals surface area contributed by atoms with E-state index < -0.39 is 10.1 Å². The summed E-state index contributed by atoms with van der Waals surface area (Å²) >= 11 is 0. The van der Waals surface area contributed by atoms with Gasteiger partial charge in [0.15, 0.2) is 11.5 Å². The summed E-state index contributed by atoms with van der Waals surface area (Å²) in [6, 6.07) is 13.9. The fourth-order valence-electron chi connectivity index (χ4n) is 3.21. The minimum atomic E-state index is -3.46. The zero-order valence-corrected chi connectivity index (χ0v) is 20.3. The van der Waals surface area contributed by atoms with E-state index in [9.17, 15) is 13.2 Å². The number of nitrogens with one attached hydrogen (secondary N) is 1. The van der Waals surface area contributed by atoms with E-state index in [0.717, 1.165) is 42.8 Å². The summed E-state index contributed by atoms with van der Waals surface area (Å²) in [4.78, 5) is 11.8. The maximum absolute atomic E-state index is 11.8. The number of carbonyl (C=O) groups excluding carboxylic acids is 1. The number of hydrogen-bond acceptors (Lipinski definition) is 7. The molecule has 2 aromatic carbocycles. The van der Waals surface area contributed by atoms with Crippen LogP contribution in [-0.2, 0) is 31.9 Å². The van der Waals surface area contributed by atoms with Gasteiger partial charge < -0.3 is 19.5 Å². The lowest BCUT2D eigenvalue weighted by atomic mass is 10.0. The lowest BCUT2D eigenvalue weighted by Gasteiger charge is -2.10. The molecule has 9 heteroatoms. The Labute approximate surface area is 196 Å². The standard InChI is InChI=1S/C24H33NO7S/c1-29-22-13-12-20(18-23(22)30-2)8-4-7-19-9-5-10-21(17-19)31-16-14-25-24(26)11-6-15-32-33(3,27)28/h5,9-10,12-13,17-18H,4,6-8,11,14-16H2,1-3H3,(H,25,26). The molecule has 33 heavy (non-hydrogen) atoms. The maximum Gasteiger partial charge on any atom is 0.264 e. The van der Waals surface area contributed by atoms with Crippen molar-refractivity contribution in [1.82, 2.24) is 5.32 Å². The van der Waals surface area contributed by atoms with Crippen LogP contribution in [0.4, 0.5) is 0 Å². The Morgan fingerprint density at radius 2 is 1.64 bits per heavy atom. The Morgan fingerprint density at radius 3 is 2.33 bits per heavy atom. The van der Waals surface area contributed by atoms with Crippen LogP contribution in [0.3, 0.4) is 0 Å².